The third-order valence-corrected chi connectivity index (χ3v) is 5.34. The summed E-state index contributed by atoms with van der Waals surface area (Å²) < 4.78 is 69.5. The van der Waals surface area contributed by atoms with Crippen LogP contribution in [0.5, 0.6) is 11.5 Å². The number of carbonyl (C=O) groups is 1. The highest BCUT2D eigenvalue weighted by molar-refractivity contribution is 7.88. The zero-order valence-corrected chi connectivity index (χ0v) is 18.1. The van der Waals surface area contributed by atoms with Crippen molar-refractivity contribution in [1.29, 1.82) is 0 Å². The number of ether oxygens (including phenoxy) is 2. The van der Waals surface area contributed by atoms with Gasteiger partial charge in [0.25, 0.3) is 0 Å². The van der Waals surface area contributed by atoms with Gasteiger partial charge in [-0.05, 0) is 41.8 Å². The molecule has 0 aliphatic carbocycles. The number of nitrogens with one attached hydrogen (secondary N) is 1. The SMILES string of the molecule is COc1ccc(CCN2C(=O)N(NS(C)(=O)=O)CC2c2ccc(OC(F)(F)F)cc2)cc1. The van der Waals surface area contributed by atoms with Crippen molar-refractivity contribution >= 4 is 16.1 Å². The predicted octanol–water partition coefficient (Wildman–Crippen LogP) is 3.08. The van der Waals surface area contributed by atoms with Crippen LogP contribution in [-0.4, -0.2) is 57.2 Å². The number of hydrogen-bond donors (Lipinski definition) is 1. The number of benzene rings is 2. The van der Waals surface area contributed by atoms with Gasteiger partial charge in [-0.25, -0.2) is 18.2 Å². The maximum Gasteiger partial charge on any atom is 0.573 e. The zero-order valence-electron chi connectivity index (χ0n) is 17.3. The Morgan fingerprint density at radius 3 is 2.19 bits per heavy atom. The van der Waals surface area contributed by atoms with Crippen molar-refractivity contribution in [1.82, 2.24) is 14.7 Å². The minimum absolute atomic E-state index is 0.00596. The fourth-order valence-corrected chi connectivity index (χ4v) is 3.94. The highest BCUT2D eigenvalue weighted by atomic mass is 32.2. The molecule has 1 atom stereocenters. The minimum atomic E-state index is -4.81. The predicted molar refractivity (Wildman–Crippen MR) is 109 cm³/mol. The average molecular weight is 473 g/mol. The highest BCUT2D eigenvalue weighted by Gasteiger charge is 2.39. The molecule has 1 aliphatic heterocycles. The summed E-state index contributed by atoms with van der Waals surface area (Å²) in [5.74, 6) is 0.301. The van der Waals surface area contributed by atoms with Crippen LogP contribution in [-0.2, 0) is 16.4 Å². The normalized spacial score (nSPS) is 17.0. The summed E-state index contributed by atoms with van der Waals surface area (Å²) >= 11 is 0. The molecule has 32 heavy (non-hydrogen) atoms. The van der Waals surface area contributed by atoms with Gasteiger partial charge in [0.1, 0.15) is 11.5 Å². The van der Waals surface area contributed by atoms with Crippen LogP contribution < -0.4 is 14.3 Å². The number of rotatable bonds is 8. The van der Waals surface area contributed by atoms with Gasteiger partial charge in [-0.15, -0.1) is 18.0 Å². The monoisotopic (exact) mass is 473 g/mol. The molecule has 0 radical (unpaired) electrons. The first-order chi connectivity index (χ1) is 14.9. The fourth-order valence-electron chi connectivity index (χ4n) is 3.38. The Bertz CT molecular complexity index is 1040. The van der Waals surface area contributed by atoms with Crippen molar-refractivity contribution in [3.8, 4) is 11.5 Å². The molecule has 1 saturated heterocycles. The lowest BCUT2D eigenvalue weighted by Gasteiger charge is -2.23. The smallest absolute Gasteiger partial charge is 0.497 e. The molecular weight excluding hydrogens is 451 g/mol. The maximum atomic E-state index is 12.9. The van der Waals surface area contributed by atoms with Crippen LogP contribution in [0.25, 0.3) is 0 Å². The Morgan fingerprint density at radius 2 is 1.66 bits per heavy atom. The molecule has 1 aliphatic rings. The molecule has 174 valence electrons. The van der Waals surface area contributed by atoms with Gasteiger partial charge in [-0.1, -0.05) is 24.3 Å². The molecule has 1 N–H and O–H groups in total. The number of halogens is 3. The number of amides is 2. The van der Waals surface area contributed by atoms with Gasteiger partial charge in [-0.2, -0.15) is 0 Å². The van der Waals surface area contributed by atoms with E-state index in [9.17, 15) is 26.4 Å². The fraction of sp³-hybridized carbons (Fsp3) is 0.350. The van der Waals surface area contributed by atoms with E-state index in [1.807, 2.05) is 12.1 Å². The van der Waals surface area contributed by atoms with Crippen LogP contribution in [0.1, 0.15) is 17.2 Å². The van der Waals surface area contributed by atoms with Crippen molar-refractivity contribution in [2.45, 2.75) is 18.8 Å². The summed E-state index contributed by atoms with van der Waals surface area (Å²) in [6.45, 7) is 0.257. The highest BCUT2D eigenvalue weighted by Crippen LogP contribution is 2.31. The summed E-state index contributed by atoms with van der Waals surface area (Å²) in [7, 11) is -2.15. The van der Waals surface area contributed by atoms with Crippen molar-refractivity contribution in [2.24, 2.45) is 0 Å². The molecular formula is C20H22F3N3O5S. The second-order valence-corrected chi connectivity index (χ2v) is 8.91. The topological polar surface area (TPSA) is 88.2 Å². The zero-order chi connectivity index (χ0) is 23.5. The average Bonchev–Trinajstić information content (AvgIpc) is 3.00. The lowest BCUT2D eigenvalue weighted by atomic mass is 10.1. The van der Waals surface area contributed by atoms with Crippen LogP contribution in [0.3, 0.4) is 0 Å². The van der Waals surface area contributed by atoms with Crippen LogP contribution in [0.2, 0.25) is 0 Å². The molecule has 0 aromatic heterocycles. The van der Waals surface area contributed by atoms with E-state index < -0.39 is 28.5 Å². The lowest BCUT2D eigenvalue weighted by Crippen LogP contribution is -2.44. The molecule has 0 bridgehead atoms. The molecule has 1 fully saturated rings. The largest absolute Gasteiger partial charge is 0.573 e. The van der Waals surface area contributed by atoms with Gasteiger partial charge in [0.15, 0.2) is 0 Å². The van der Waals surface area contributed by atoms with E-state index in [4.69, 9.17) is 4.74 Å². The van der Waals surface area contributed by atoms with Crippen LogP contribution in [0, 0.1) is 0 Å². The van der Waals surface area contributed by atoms with E-state index in [2.05, 4.69) is 9.57 Å². The first kappa shape index (κ1) is 23.7. The first-order valence-electron chi connectivity index (χ1n) is 9.49. The number of urea groups is 1. The number of hydrogen-bond acceptors (Lipinski definition) is 5. The van der Waals surface area contributed by atoms with E-state index in [0.717, 1.165) is 29.0 Å². The third kappa shape index (κ3) is 6.26. The van der Waals surface area contributed by atoms with Crippen molar-refractivity contribution in [3.63, 3.8) is 0 Å². The Kier molecular flexibility index (Phi) is 6.84. The molecule has 2 aromatic rings. The van der Waals surface area contributed by atoms with Crippen molar-refractivity contribution < 1.29 is 35.9 Å². The number of alkyl halides is 3. The van der Waals surface area contributed by atoms with E-state index >= 15 is 0 Å². The second-order valence-electron chi connectivity index (χ2n) is 7.18. The molecule has 2 amide bonds. The van der Waals surface area contributed by atoms with Crippen molar-refractivity contribution in [3.05, 3.63) is 59.7 Å². The standard InChI is InChI=1S/C20H22F3N3O5S/c1-30-16-7-3-14(4-8-16)11-12-25-18(13-26(19(25)27)24-32(2,28)29)15-5-9-17(10-6-15)31-20(21,22)23/h3-10,18,24H,11-13H2,1-2H3. The van der Waals surface area contributed by atoms with Gasteiger partial charge >= 0.3 is 12.4 Å². The number of methoxy groups -OCH3 is 1. The number of nitrogens with zero attached hydrogens (tertiary/aromatic N) is 2. The third-order valence-electron chi connectivity index (χ3n) is 4.78. The Hall–Kier alpha value is -2.99. The summed E-state index contributed by atoms with van der Waals surface area (Å²) in [5.41, 5.74) is 1.47. The Morgan fingerprint density at radius 1 is 1.06 bits per heavy atom. The quantitative estimate of drug-likeness (QED) is 0.637. The Balaban J connectivity index is 1.80. The summed E-state index contributed by atoms with van der Waals surface area (Å²) in [5, 5.41) is 0.980. The van der Waals surface area contributed by atoms with Gasteiger partial charge in [-0.3, -0.25) is 0 Å². The van der Waals surface area contributed by atoms with E-state index in [0.29, 0.717) is 17.7 Å². The summed E-state index contributed by atoms with van der Waals surface area (Å²) in [6.07, 6.45) is -3.40. The van der Waals surface area contributed by atoms with Gasteiger partial charge in [0.2, 0.25) is 10.0 Å². The minimum Gasteiger partial charge on any atom is -0.497 e. The Labute approximate surface area is 183 Å². The molecule has 8 nitrogen and oxygen atoms in total. The van der Waals surface area contributed by atoms with Crippen molar-refractivity contribution in [2.75, 3.05) is 26.5 Å². The van der Waals surface area contributed by atoms with Crippen LogP contribution >= 0.6 is 0 Å². The number of hydrazine groups is 1. The molecule has 0 saturated carbocycles. The lowest BCUT2D eigenvalue weighted by molar-refractivity contribution is -0.274. The molecule has 2 aromatic carbocycles. The molecule has 3 rings (SSSR count). The number of carbonyl (C=O) groups excluding carboxylic acids is 1. The van der Waals surface area contributed by atoms with Crippen LogP contribution in [0.15, 0.2) is 48.5 Å². The molecule has 12 heteroatoms. The van der Waals surface area contributed by atoms with E-state index in [-0.39, 0.29) is 18.8 Å². The van der Waals surface area contributed by atoms with Crippen LogP contribution in [0.4, 0.5) is 18.0 Å². The second kappa shape index (κ2) is 9.25. The summed E-state index contributed by atoms with van der Waals surface area (Å²) in [4.78, 5) is 16.5. The van der Waals surface area contributed by atoms with Gasteiger partial charge < -0.3 is 14.4 Å². The first-order valence-corrected chi connectivity index (χ1v) is 11.4. The molecule has 0 spiro atoms. The van der Waals surface area contributed by atoms with Gasteiger partial charge in [0.05, 0.1) is 26.0 Å². The van der Waals surface area contributed by atoms with E-state index in [1.165, 1.54) is 17.0 Å². The maximum absolute atomic E-state index is 12.9. The molecule has 1 unspecified atom stereocenters. The van der Waals surface area contributed by atoms with E-state index in [1.54, 1.807) is 19.2 Å². The molecule has 1 heterocycles. The summed E-state index contributed by atoms with van der Waals surface area (Å²) in [6, 6.07) is 11.3. The van der Waals surface area contributed by atoms with Gasteiger partial charge in [0, 0.05) is 6.54 Å². The number of sulfonamides is 1.